The zero-order valence-electron chi connectivity index (χ0n) is 25.0. The Bertz CT molecular complexity index is 1450. The molecule has 0 heterocycles. The summed E-state index contributed by atoms with van der Waals surface area (Å²) in [5.41, 5.74) is 2.85. The van der Waals surface area contributed by atoms with Gasteiger partial charge in [0.1, 0.15) is 24.1 Å². The van der Waals surface area contributed by atoms with Gasteiger partial charge in [-0.25, -0.2) is 8.42 Å². The van der Waals surface area contributed by atoms with Gasteiger partial charge < -0.3 is 19.7 Å². The van der Waals surface area contributed by atoms with Crippen molar-refractivity contribution in [2.24, 2.45) is 0 Å². The number of aryl methyl sites for hydroxylation is 1. The number of ether oxygens (including phenoxy) is 2. The number of hydrogen-bond acceptors (Lipinski definition) is 6. The number of unbranched alkanes of at least 4 members (excludes halogenated alkanes) is 1. The highest BCUT2D eigenvalue weighted by Gasteiger charge is 2.34. The molecule has 0 aliphatic rings. The van der Waals surface area contributed by atoms with E-state index in [1.165, 1.54) is 25.2 Å². The van der Waals surface area contributed by atoms with Crippen LogP contribution in [0, 0.1) is 6.92 Å². The van der Waals surface area contributed by atoms with Crippen molar-refractivity contribution in [2.75, 3.05) is 37.9 Å². The molecule has 0 bridgehead atoms. The van der Waals surface area contributed by atoms with E-state index in [4.69, 9.17) is 9.47 Å². The normalized spacial score (nSPS) is 11.8. The molecule has 10 heteroatoms. The predicted octanol–water partition coefficient (Wildman–Crippen LogP) is 4.33. The Balaban J connectivity index is 2.10. The molecule has 3 rings (SSSR count). The Hall–Kier alpha value is -4.05. The van der Waals surface area contributed by atoms with Crippen LogP contribution in [-0.4, -0.2) is 64.7 Å². The van der Waals surface area contributed by atoms with Crippen LogP contribution in [0.1, 0.15) is 36.5 Å². The number of nitrogens with zero attached hydrogens (tertiary/aromatic N) is 2. The molecule has 3 aromatic carbocycles. The van der Waals surface area contributed by atoms with E-state index < -0.39 is 28.5 Å². The van der Waals surface area contributed by atoms with Crippen molar-refractivity contribution >= 4 is 27.5 Å². The maximum Gasteiger partial charge on any atom is 0.244 e. The predicted molar refractivity (Wildman–Crippen MR) is 165 cm³/mol. The molecule has 226 valence electrons. The molecule has 0 radical (unpaired) electrons. The van der Waals surface area contributed by atoms with Crippen LogP contribution in [-0.2, 0) is 32.6 Å². The lowest BCUT2D eigenvalue weighted by Crippen LogP contribution is -2.53. The largest absolute Gasteiger partial charge is 0.497 e. The van der Waals surface area contributed by atoms with Crippen molar-refractivity contribution in [2.45, 2.75) is 45.7 Å². The van der Waals surface area contributed by atoms with E-state index in [0.29, 0.717) is 12.3 Å². The third-order valence-corrected chi connectivity index (χ3v) is 8.16. The van der Waals surface area contributed by atoms with Gasteiger partial charge in [0, 0.05) is 25.6 Å². The Labute approximate surface area is 249 Å². The first-order chi connectivity index (χ1) is 20.1. The third kappa shape index (κ3) is 8.72. The first-order valence-electron chi connectivity index (χ1n) is 13.9. The lowest BCUT2D eigenvalue weighted by Gasteiger charge is -2.34. The molecular formula is C32H41N3O6S. The SMILES string of the molecule is CCCCNC(=O)[C@@H](Cc1ccccc1)N(Cc1ccccc1C)C(=O)CN(c1cc(OC)ccc1OC)S(C)(=O)=O. The minimum absolute atomic E-state index is 0.122. The first-order valence-corrected chi connectivity index (χ1v) is 15.8. The molecule has 0 saturated carbocycles. The van der Waals surface area contributed by atoms with Gasteiger partial charge in [0.2, 0.25) is 21.8 Å². The fourth-order valence-electron chi connectivity index (χ4n) is 4.62. The summed E-state index contributed by atoms with van der Waals surface area (Å²) < 4.78 is 38.0. The van der Waals surface area contributed by atoms with Gasteiger partial charge in [-0.15, -0.1) is 0 Å². The first kappa shape index (κ1) is 32.5. The smallest absolute Gasteiger partial charge is 0.244 e. The van der Waals surface area contributed by atoms with Gasteiger partial charge in [0.05, 0.1) is 26.2 Å². The van der Waals surface area contributed by atoms with Crippen molar-refractivity contribution in [3.05, 3.63) is 89.5 Å². The van der Waals surface area contributed by atoms with Gasteiger partial charge in [0.15, 0.2) is 0 Å². The average Bonchev–Trinajstić information content (AvgIpc) is 2.98. The molecule has 9 nitrogen and oxygen atoms in total. The molecule has 0 spiro atoms. The second kappa shape index (κ2) is 15.3. The summed E-state index contributed by atoms with van der Waals surface area (Å²) in [7, 11) is -1.06. The van der Waals surface area contributed by atoms with Crippen molar-refractivity contribution in [3.8, 4) is 11.5 Å². The summed E-state index contributed by atoms with van der Waals surface area (Å²) in [6.45, 7) is 4.03. The molecule has 3 aromatic rings. The third-order valence-electron chi connectivity index (χ3n) is 7.04. The number of methoxy groups -OCH3 is 2. The van der Waals surface area contributed by atoms with Crippen molar-refractivity contribution in [1.82, 2.24) is 10.2 Å². The number of carbonyl (C=O) groups is 2. The van der Waals surface area contributed by atoms with Crippen LogP contribution >= 0.6 is 0 Å². The molecule has 1 atom stereocenters. The average molecular weight is 596 g/mol. The molecular weight excluding hydrogens is 554 g/mol. The molecule has 0 unspecified atom stereocenters. The van der Waals surface area contributed by atoms with Crippen molar-refractivity contribution in [3.63, 3.8) is 0 Å². The number of sulfonamides is 1. The minimum atomic E-state index is -3.96. The standard InChI is InChI=1S/C32H41N3O6S/c1-6-7-19-33-32(37)29(20-25-14-9-8-10-15-25)34(22-26-16-12-11-13-24(26)2)31(36)23-35(42(5,38)39)28-21-27(40-3)17-18-30(28)41-4/h8-18,21,29H,6-7,19-20,22-23H2,1-5H3,(H,33,37)/t29-/m1/s1. The maximum absolute atomic E-state index is 14.3. The van der Waals surface area contributed by atoms with E-state index >= 15 is 0 Å². The maximum atomic E-state index is 14.3. The Morgan fingerprint density at radius 2 is 1.64 bits per heavy atom. The zero-order chi connectivity index (χ0) is 30.7. The van der Waals surface area contributed by atoms with Crippen LogP contribution in [0.2, 0.25) is 0 Å². The Morgan fingerprint density at radius 1 is 0.952 bits per heavy atom. The van der Waals surface area contributed by atoms with Gasteiger partial charge >= 0.3 is 0 Å². The molecule has 0 saturated heterocycles. The highest BCUT2D eigenvalue weighted by molar-refractivity contribution is 7.92. The topological polar surface area (TPSA) is 105 Å². The van der Waals surface area contributed by atoms with E-state index in [0.717, 1.165) is 40.1 Å². The second-order valence-corrected chi connectivity index (χ2v) is 12.0. The molecule has 0 aromatic heterocycles. The van der Waals surface area contributed by atoms with Crippen molar-refractivity contribution in [1.29, 1.82) is 0 Å². The van der Waals surface area contributed by atoms with Crippen LogP contribution in [0.15, 0.2) is 72.8 Å². The lowest BCUT2D eigenvalue weighted by atomic mass is 10.0. The molecule has 0 aliphatic carbocycles. The number of rotatable bonds is 15. The summed E-state index contributed by atoms with van der Waals surface area (Å²) in [6.07, 6.45) is 3.00. The summed E-state index contributed by atoms with van der Waals surface area (Å²) in [4.78, 5) is 29.5. The van der Waals surface area contributed by atoms with Crippen LogP contribution < -0.4 is 19.1 Å². The zero-order valence-corrected chi connectivity index (χ0v) is 25.8. The summed E-state index contributed by atoms with van der Waals surface area (Å²) in [5, 5.41) is 2.99. The fraction of sp³-hybridized carbons (Fsp3) is 0.375. The molecule has 2 amide bonds. The van der Waals surface area contributed by atoms with Gasteiger partial charge in [-0.3, -0.25) is 13.9 Å². The van der Waals surface area contributed by atoms with E-state index in [1.54, 1.807) is 12.1 Å². The molecule has 42 heavy (non-hydrogen) atoms. The van der Waals surface area contributed by atoms with E-state index in [-0.39, 0.29) is 30.3 Å². The number of amides is 2. The molecule has 0 fully saturated rings. The summed E-state index contributed by atoms with van der Waals surface area (Å²) in [5.74, 6) is -0.155. The lowest BCUT2D eigenvalue weighted by molar-refractivity contribution is -0.140. The van der Waals surface area contributed by atoms with Gasteiger partial charge in [-0.1, -0.05) is 67.9 Å². The van der Waals surface area contributed by atoms with Gasteiger partial charge in [-0.05, 0) is 42.2 Å². The molecule has 1 N–H and O–H groups in total. The summed E-state index contributed by atoms with van der Waals surface area (Å²) >= 11 is 0. The number of anilines is 1. The number of hydrogen-bond donors (Lipinski definition) is 1. The fourth-order valence-corrected chi connectivity index (χ4v) is 5.46. The van der Waals surface area contributed by atoms with Crippen molar-refractivity contribution < 1.29 is 27.5 Å². The monoisotopic (exact) mass is 595 g/mol. The van der Waals surface area contributed by atoms with E-state index in [9.17, 15) is 18.0 Å². The van der Waals surface area contributed by atoms with Gasteiger partial charge in [-0.2, -0.15) is 0 Å². The molecule has 0 aliphatic heterocycles. The number of carbonyl (C=O) groups excluding carboxylic acids is 2. The second-order valence-electron chi connectivity index (χ2n) is 10.1. The number of benzene rings is 3. The minimum Gasteiger partial charge on any atom is -0.497 e. The van der Waals surface area contributed by atoms with Gasteiger partial charge in [0.25, 0.3) is 0 Å². The summed E-state index contributed by atoms with van der Waals surface area (Å²) in [6, 6.07) is 21.0. The van der Waals surface area contributed by atoms with Crippen LogP contribution in [0.3, 0.4) is 0 Å². The highest BCUT2D eigenvalue weighted by atomic mass is 32.2. The Morgan fingerprint density at radius 3 is 2.26 bits per heavy atom. The Kier molecular flexibility index (Phi) is 11.8. The number of nitrogens with one attached hydrogen (secondary N) is 1. The van der Waals surface area contributed by atoms with E-state index in [1.807, 2.05) is 68.4 Å². The van der Waals surface area contributed by atoms with E-state index in [2.05, 4.69) is 5.32 Å². The van der Waals surface area contributed by atoms with Crippen LogP contribution in [0.5, 0.6) is 11.5 Å². The van der Waals surface area contributed by atoms with Crippen LogP contribution in [0.25, 0.3) is 0 Å². The highest BCUT2D eigenvalue weighted by Crippen LogP contribution is 2.34. The quantitative estimate of drug-likeness (QED) is 0.262. The van der Waals surface area contributed by atoms with Crippen LogP contribution in [0.4, 0.5) is 5.69 Å².